The molecular formula is C22H36N4O2. The molecule has 2 atom stereocenters. The molecule has 1 aromatic rings. The van der Waals surface area contributed by atoms with Gasteiger partial charge in [0.2, 0.25) is 5.91 Å². The molecule has 0 spiro atoms. The van der Waals surface area contributed by atoms with Gasteiger partial charge in [0.05, 0.1) is 0 Å². The van der Waals surface area contributed by atoms with Crippen molar-refractivity contribution in [1.29, 1.82) is 0 Å². The second-order valence-electron chi connectivity index (χ2n) is 7.99. The van der Waals surface area contributed by atoms with Gasteiger partial charge in [0, 0.05) is 43.3 Å². The smallest absolute Gasteiger partial charge is 0.315 e. The fraction of sp³-hybridized carbons (Fsp3) is 0.636. The molecule has 3 amide bonds. The number of anilines is 1. The minimum Gasteiger partial charge on any atom is -0.370 e. The summed E-state index contributed by atoms with van der Waals surface area (Å²) < 4.78 is 0. The molecular weight excluding hydrogens is 352 g/mol. The lowest BCUT2D eigenvalue weighted by Crippen LogP contribution is -2.48. The molecule has 6 nitrogen and oxygen atoms in total. The summed E-state index contributed by atoms with van der Waals surface area (Å²) >= 11 is 0. The van der Waals surface area contributed by atoms with Gasteiger partial charge in [0.1, 0.15) is 0 Å². The molecule has 0 aliphatic heterocycles. The molecule has 1 saturated carbocycles. The van der Waals surface area contributed by atoms with Crippen molar-refractivity contribution < 1.29 is 9.59 Å². The SMILES string of the molecule is CCN(CCNC(=O)NC1CCCC(C(=O)NC(C)C)C1)c1ccccc1C. The number of aryl methyl sites for hydroxylation is 1. The third-order valence-corrected chi connectivity index (χ3v) is 5.32. The number of benzene rings is 1. The predicted octanol–water partition coefficient (Wildman–Crippen LogP) is 3.20. The molecule has 156 valence electrons. The first-order chi connectivity index (χ1) is 13.4. The average molecular weight is 389 g/mol. The largest absolute Gasteiger partial charge is 0.370 e. The van der Waals surface area contributed by atoms with E-state index in [1.807, 2.05) is 26.0 Å². The third kappa shape index (κ3) is 6.73. The Hall–Kier alpha value is -2.24. The van der Waals surface area contributed by atoms with E-state index in [4.69, 9.17) is 0 Å². The lowest BCUT2D eigenvalue weighted by Gasteiger charge is -2.30. The topological polar surface area (TPSA) is 73.5 Å². The van der Waals surface area contributed by atoms with Gasteiger partial charge in [0.25, 0.3) is 0 Å². The zero-order valence-electron chi connectivity index (χ0n) is 17.8. The zero-order valence-corrected chi connectivity index (χ0v) is 17.8. The van der Waals surface area contributed by atoms with Crippen molar-refractivity contribution >= 4 is 17.6 Å². The van der Waals surface area contributed by atoms with E-state index in [9.17, 15) is 9.59 Å². The minimum atomic E-state index is -0.143. The summed E-state index contributed by atoms with van der Waals surface area (Å²) in [5, 5.41) is 9.01. The molecule has 0 aromatic heterocycles. The van der Waals surface area contributed by atoms with E-state index in [1.54, 1.807) is 0 Å². The maximum absolute atomic E-state index is 12.3. The fourth-order valence-corrected chi connectivity index (χ4v) is 3.87. The number of nitrogens with one attached hydrogen (secondary N) is 3. The molecule has 1 aromatic carbocycles. The van der Waals surface area contributed by atoms with Crippen molar-refractivity contribution in [2.24, 2.45) is 5.92 Å². The Labute approximate surface area is 169 Å². The van der Waals surface area contributed by atoms with Gasteiger partial charge in [-0.15, -0.1) is 0 Å². The molecule has 1 fully saturated rings. The number of urea groups is 1. The Kier molecular flexibility index (Phi) is 8.61. The summed E-state index contributed by atoms with van der Waals surface area (Å²) in [5.74, 6) is 0.108. The average Bonchev–Trinajstić information content (AvgIpc) is 2.66. The molecule has 3 N–H and O–H groups in total. The molecule has 2 unspecified atom stereocenters. The van der Waals surface area contributed by atoms with E-state index < -0.39 is 0 Å². The predicted molar refractivity (Wildman–Crippen MR) is 115 cm³/mol. The molecule has 0 radical (unpaired) electrons. The van der Waals surface area contributed by atoms with Crippen molar-refractivity contribution in [3.05, 3.63) is 29.8 Å². The lowest BCUT2D eigenvalue weighted by atomic mass is 9.85. The molecule has 1 aliphatic rings. The first-order valence-electron chi connectivity index (χ1n) is 10.6. The van der Waals surface area contributed by atoms with Gasteiger partial charge in [-0.3, -0.25) is 4.79 Å². The number of para-hydroxylation sites is 1. The highest BCUT2D eigenvalue weighted by molar-refractivity contribution is 5.79. The minimum absolute atomic E-state index is 0.00177. The number of carbonyl (C=O) groups excluding carboxylic acids is 2. The zero-order chi connectivity index (χ0) is 20.5. The molecule has 28 heavy (non-hydrogen) atoms. The number of nitrogens with zero attached hydrogens (tertiary/aromatic N) is 1. The van der Waals surface area contributed by atoms with Crippen molar-refractivity contribution in [3.63, 3.8) is 0 Å². The Morgan fingerprint density at radius 1 is 1.21 bits per heavy atom. The third-order valence-electron chi connectivity index (χ3n) is 5.32. The quantitative estimate of drug-likeness (QED) is 0.640. The highest BCUT2D eigenvalue weighted by atomic mass is 16.2. The normalized spacial score (nSPS) is 19.2. The van der Waals surface area contributed by atoms with Crippen molar-refractivity contribution in [2.45, 2.75) is 65.5 Å². The summed E-state index contributed by atoms with van der Waals surface area (Å²) in [7, 11) is 0. The van der Waals surface area contributed by atoms with E-state index in [2.05, 4.69) is 46.8 Å². The van der Waals surface area contributed by atoms with Gasteiger partial charge < -0.3 is 20.9 Å². The van der Waals surface area contributed by atoms with Gasteiger partial charge in [-0.05, 0) is 58.6 Å². The van der Waals surface area contributed by atoms with Crippen LogP contribution in [-0.2, 0) is 4.79 Å². The monoisotopic (exact) mass is 388 g/mol. The second kappa shape index (κ2) is 10.9. The van der Waals surface area contributed by atoms with Gasteiger partial charge >= 0.3 is 6.03 Å². The van der Waals surface area contributed by atoms with Crippen LogP contribution < -0.4 is 20.9 Å². The summed E-state index contributed by atoms with van der Waals surface area (Å²) in [6.45, 7) is 10.4. The molecule has 1 aliphatic carbocycles. The van der Waals surface area contributed by atoms with Gasteiger partial charge in [-0.2, -0.15) is 0 Å². The lowest BCUT2D eigenvalue weighted by molar-refractivity contribution is -0.126. The van der Waals surface area contributed by atoms with E-state index in [0.29, 0.717) is 6.54 Å². The first-order valence-corrected chi connectivity index (χ1v) is 10.6. The number of likely N-dealkylation sites (N-methyl/N-ethyl adjacent to an activating group) is 1. The first kappa shape index (κ1) is 22.1. The molecule has 2 rings (SSSR count). The van der Waals surface area contributed by atoms with E-state index in [0.717, 1.165) is 38.8 Å². The maximum atomic E-state index is 12.3. The summed E-state index contributed by atoms with van der Waals surface area (Å²) in [6, 6.07) is 8.37. The summed E-state index contributed by atoms with van der Waals surface area (Å²) in [5.41, 5.74) is 2.44. The van der Waals surface area contributed by atoms with Gasteiger partial charge in [-0.1, -0.05) is 24.6 Å². The number of hydrogen-bond acceptors (Lipinski definition) is 3. The van der Waals surface area contributed by atoms with E-state index in [1.165, 1.54) is 11.3 Å². The number of rotatable bonds is 8. The Morgan fingerprint density at radius 2 is 1.96 bits per heavy atom. The van der Waals surface area contributed by atoms with Crippen LogP contribution in [0.15, 0.2) is 24.3 Å². The van der Waals surface area contributed by atoms with Crippen LogP contribution >= 0.6 is 0 Å². The van der Waals surface area contributed by atoms with Crippen molar-refractivity contribution in [3.8, 4) is 0 Å². The van der Waals surface area contributed by atoms with Crippen molar-refractivity contribution in [2.75, 3.05) is 24.5 Å². The standard InChI is InChI=1S/C22H36N4O2/c1-5-26(20-12-7-6-9-17(20)4)14-13-23-22(28)25-19-11-8-10-18(15-19)21(27)24-16(2)3/h6-7,9,12,16,18-19H,5,8,10-11,13-15H2,1-4H3,(H,24,27)(H2,23,25,28). The fourth-order valence-electron chi connectivity index (χ4n) is 3.87. The van der Waals surface area contributed by atoms with Crippen LogP contribution in [0.1, 0.15) is 52.0 Å². The molecule has 0 heterocycles. The Balaban J connectivity index is 1.76. The maximum Gasteiger partial charge on any atom is 0.315 e. The van der Waals surface area contributed by atoms with E-state index in [-0.39, 0.29) is 29.9 Å². The van der Waals surface area contributed by atoms with Crippen LogP contribution in [0.2, 0.25) is 0 Å². The van der Waals surface area contributed by atoms with Crippen LogP contribution in [0.5, 0.6) is 0 Å². The van der Waals surface area contributed by atoms with Gasteiger partial charge in [0.15, 0.2) is 0 Å². The van der Waals surface area contributed by atoms with Crippen LogP contribution in [0.4, 0.5) is 10.5 Å². The Bertz CT molecular complexity index is 647. The molecule has 6 heteroatoms. The van der Waals surface area contributed by atoms with Crippen molar-refractivity contribution in [1.82, 2.24) is 16.0 Å². The highest BCUT2D eigenvalue weighted by Crippen LogP contribution is 2.24. The molecule has 0 bridgehead atoms. The van der Waals surface area contributed by atoms with Crippen LogP contribution in [-0.4, -0.2) is 43.7 Å². The van der Waals surface area contributed by atoms with Crippen LogP contribution in [0.3, 0.4) is 0 Å². The molecule has 0 saturated heterocycles. The Morgan fingerprint density at radius 3 is 2.64 bits per heavy atom. The second-order valence-corrected chi connectivity index (χ2v) is 7.99. The summed E-state index contributed by atoms with van der Waals surface area (Å²) in [6.07, 6.45) is 3.53. The number of amides is 3. The number of hydrogen-bond donors (Lipinski definition) is 3. The summed E-state index contributed by atoms with van der Waals surface area (Å²) in [4.78, 5) is 26.8. The highest BCUT2D eigenvalue weighted by Gasteiger charge is 2.28. The van der Waals surface area contributed by atoms with E-state index >= 15 is 0 Å². The van der Waals surface area contributed by atoms with Crippen LogP contribution in [0, 0.1) is 12.8 Å². The number of carbonyl (C=O) groups is 2. The van der Waals surface area contributed by atoms with Gasteiger partial charge in [-0.25, -0.2) is 4.79 Å². The van der Waals surface area contributed by atoms with Crippen LogP contribution in [0.25, 0.3) is 0 Å².